The third kappa shape index (κ3) is 4.22. The van der Waals surface area contributed by atoms with Crippen LogP contribution in [0.15, 0.2) is 18.2 Å². The Balaban J connectivity index is 1.87. The summed E-state index contributed by atoms with van der Waals surface area (Å²) < 4.78 is 79.6. The Labute approximate surface area is 183 Å². The van der Waals surface area contributed by atoms with Crippen molar-refractivity contribution in [2.45, 2.75) is 45.1 Å². The number of aromatic nitrogens is 4. The molecule has 12 heteroatoms. The van der Waals surface area contributed by atoms with E-state index in [-0.39, 0.29) is 12.5 Å². The van der Waals surface area contributed by atoms with Crippen LogP contribution < -0.4 is 4.90 Å². The second-order valence-corrected chi connectivity index (χ2v) is 8.51. The number of rotatable bonds is 3. The number of aromatic amines is 1. The Bertz CT molecular complexity index is 1120. The molecule has 2 aromatic heterocycles. The Kier molecular flexibility index (Phi) is 5.51. The molecular formula is C20H18ClF6N5. The van der Waals surface area contributed by atoms with Crippen LogP contribution in [0.3, 0.4) is 0 Å². The van der Waals surface area contributed by atoms with Crippen molar-refractivity contribution < 1.29 is 26.3 Å². The van der Waals surface area contributed by atoms with Crippen molar-refractivity contribution >= 4 is 28.5 Å². The normalized spacial score (nSPS) is 17.3. The molecule has 3 aromatic rings. The molecule has 0 bridgehead atoms. The molecule has 1 aliphatic heterocycles. The van der Waals surface area contributed by atoms with Crippen LogP contribution in [0.4, 0.5) is 32.3 Å². The smallest absolute Gasteiger partial charge is 0.356 e. The van der Waals surface area contributed by atoms with Gasteiger partial charge in [-0.2, -0.15) is 36.3 Å². The van der Waals surface area contributed by atoms with Gasteiger partial charge in [0, 0.05) is 28.2 Å². The molecule has 0 radical (unpaired) electrons. The van der Waals surface area contributed by atoms with Crippen LogP contribution in [-0.4, -0.2) is 26.5 Å². The van der Waals surface area contributed by atoms with E-state index >= 15 is 0 Å². The zero-order valence-corrected chi connectivity index (χ0v) is 17.7. The van der Waals surface area contributed by atoms with Crippen LogP contribution in [0.5, 0.6) is 0 Å². The molecule has 1 N–H and O–H groups in total. The van der Waals surface area contributed by atoms with Gasteiger partial charge in [-0.05, 0) is 42.5 Å². The average Bonchev–Trinajstić information content (AvgIpc) is 3.04. The fourth-order valence-electron chi connectivity index (χ4n) is 4.02. The first kappa shape index (κ1) is 22.6. The largest absolute Gasteiger partial charge is 0.451 e. The Morgan fingerprint density at radius 3 is 2.25 bits per heavy atom. The van der Waals surface area contributed by atoms with Gasteiger partial charge in [-0.1, -0.05) is 25.4 Å². The molecule has 1 aliphatic rings. The maximum Gasteiger partial charge on any atom is 0.451 e. The van der Waals surface area contributed by atoms with Gasteiger partial charge in [-0.25, -0.2) is 4.98 Å². The van der Waals surface area contributed by atoms with Gasteiger partial charge in [-0.15, -0.1) is 0 Å². The van der Waals surface area contributed by atoms with Gasteiger partial charge in [0.15, 0.2) is 0 Å². The Hall–Kier alpha value is -2.56. The van der Waals surface area contributed by atoms with E-state index in [0.717, 1.165) is 16.5 Å². The van der Waals surface area contributed by atoms with Crippen LogP contribution in [0, 0.1) is 5.92 Å². The molecule has 0 amide bonds. The summed E-state index contributed by atoms with van der Waals surface area (Å²) in [5.74, 6) is -4.29. The maximum atomic E-state index is 13.3. The number of H-pyrrole nitrogens is 1. The standard InChI is InChI=1S/C20H18ClF6N5/c1-9(2)7-14-15-11(12-8-10(21)3-4-13(12)28-15)5-6-32(14)18-30-16(19(22,23)24)29-17(31-18)20(25,26)27/h3-4,8-9,14,28H,5-7H2,1-2H3/t14-/m0/s1. The molecular weight excluding hydrogens is 460 g/mol. The van der Waals surface area contributed by atoms with Crippen molar-refractivity contribution in [3.63, 3.8) is 0 Å². The van der Waals surface area contributed by atoms with Crippen LogP contribution >= 0.6 is 11.6 Å². The van der Waals surface area contributed by atoms with Gasteiger partial charge in [0.25, 0.3) is 0 Å². The molecule has 32 heavy (non-hydrogen) atoms. The minimum atomic E-state index is -5.15. The summed E-state index contributed by atoms with van der Waals surface area (Å²) >= 11 is 6.12. The molecule has 5 nitrogen and oxygen atoms in total. The molecule has 0 saturated heterocycles. The van der Waals surface area contributed by atoms with Crippen molar-refractivity contribution in [3.8, 4) is 0 Å². The van der Waals surface area contributed by atoms with Gasteiger partial charge in [0.1, 0.15) is 0 Å². The zero-order chi connectivity index (χ0) is 23.4. The SMILES string of the molecule is CC(C)C[C@H]1c2[nH]c3ccc(Cl)cc3c2CCN1c1nc(C(F)(F)F)nc(C(F)(F)F)n1. The van der Waals surface area contributed by atoms with Crippen LogP contribution in [0.1, 0.15) is 49.2 Å². The van der Waals surface area contributed by atoms with E-state index in [1.807, 2.05) is 13.8 Å². The minimum Gasteiger partial charge on any atom is -0.356 e. The lowest BCUT2D eigenvalue weighted by atomic mass is 9.92. The number of anilines is 1. The third-order valence-corrected chi connectivity index (χ3v) is 5.53. The van der Waals surface area contributed by atoms with Gasteiger partial charge in [0.05, 0.1) is 6.04 Å². The van der Waals surface area contributed by atoms with Crippen LogP contribution in [0.25, 0.3) is 10.9 Å². The number of hydrogen-bond acceptors (Lipinski definition) is 4. The fourth-order valence-corrected chi connectivity index (χ4v) is 4.19. The summed E-state index contributed by atoms with van der Waals surface area (Å²) in [6.45, 7) is 3.98. The molecule has 172 valence electrons. The van der Waals surface area contributed by atoms with Crippen molar-refractivity contribution in [2.75, 3.05) is 11.4 Å². The van der Waals surface area contributed by atoms with Gasteiger partial charge in [-0.3, -0.25) is 0 Å². The number of benzene rings is 1. The average molecular weight is 478 g/mol. The Morgan fingerprint density at radius 1 is 1.06 bits per heavy atom. The first-order valence-corrected chi connectivity index (χ1v) is 10.2. The summed E-state index contributed by atoms with van der Waals surface area (Å²) in [6.07, 6.45) is -9.46. The first-order chi connectivity index (χ1) is 14.8. The lowest BCUT2D eigenvalue weighted by Crippen LogP contribution is -2.38. The molecule has 4 rings (SSSR count). The third-order valence-electron chi connectivity index (χ3n) is 5.30. The molecule has 0 fully saturated rings. The highest BCUT2D eigenvalue weighted by atomic mass is 35.5. The van der Waals surface area contributed by atoms with E-state index in [1.54, 1.807) is 18.2 Å². The molecule has 1 aromatic carbocycles. The Morgan fingerprint density at radius 2 is 1.69 bits per heavy atom. The minimum absolute atomic E-state index is 0.0921. The van der Waals surface area contributed by atoms with Crippen LogP contribution in [0.2, 0.25) is 5.02 Å². The number of halogens is 7. The summed E-state index contributed by atoms with van der Waals surface area (Å²) in [7, 11) is 0. The number of hydrogen-bond donors (Lipinski definition) is 1. The number of nitrogens with one attached hydrogen (secondary N) is 1. The van der Waals surface area contributed by atoms with Gasteiger partial charge >= 0.3 is 12.4 Å². The van der Waals surface area contributed by atoms with Crippen LogP contribution in [-0.2, 0) is 18.8 Å². The maximum absolute atomic E-state index is 13.3. The van der Waals surface area contributed by atoms with E-state index in [1.165, 1.54) is 4.90 Å². The lowest BCUT2D eigenvalue weighted by Gasteiger charge is -2.37. The number of alkyl halides is 6. The number of nitrogens with zero attached hydrogens (tertiary/aromatic N) is 4. The topological polar surface area (TPSA) is 57.7 Å². The summed E-state index contributed by atoms with van der Waals surface area (Å²) in [5, 5.41) is 1.41. The number of fused-ring (bicyclic) bond motifs is 3. The second kappa shape index (κ2) is 7.79. The van der Waals surface area contributed by atoms with Crippen molar-refractivity contribution in [3.05, 3.63) is 46.1 Å². The molecule has 0 aliphatic carbocycles. The first-order valence-electron chi connectivity index (χ1n) is 9.81. The van der Waals surface area contributed by atoms with Gasteiger partial charge in [0.2, 0.25) is 17.6 Å². The summed E-state index contributed by atoms with van der Waals surface area (Å²) in [4.78, 5) is 14.1. The summed E-state index contributed by atoms with van der Waals surface area (Å²) in [6, 6.07) is 4.74. The highest BCUT2D eigenvalue weighted by Crippen LogP contribution is 2.41. The molecule has 0 saturated carbocycles. The van der Waals surface area contributed by atoms with Crippen molar-refractivity contribution in [2.24, 2.45) is 5.92 Å². The van der Waals surface area contributed by atoms with E-state index in [0.29, 0.717) is 23.6 Å². The van der Waals surface area contributed by atoms with Crippen molar-refractivity contribution in [1.29, 1.82) is 0 Å². The van der Waals surface area contributed by atoms with E-state index < -0.39 is 36.0 Å². The predicted octanol–water partition coefficient (Wildman–Crippen LogP) is 6.19. The molecule has 3 heterocycles. The van der Waals surface area contributed by atoms with Gasteiger partial charge < -0.3 is 9.88 Å². The highest BCUT2D eigenvalue weighted by molar-refractivity contribution is 6.31. The second-order valence-electron chi connectivity index (χ2n) is 8.07. The molecule has 0 unspecified atom stereocenters. The molecule has 0 spiro atoms. The van der Waals surface area contributed by atoms with E-state index in [4.69, 9.17) is 11.6 Å². The van der Waals surface area contributed by atoms with E-state index in [9.17, 15) is 26.3 Å². The monoisotopic (exact) mass is 477 g/mol. The molecule has 1 atom stereocenters. The van der Waals surface area contributed by atoms with Crippen molar-refractivity contribution in [1.82, 2.24) is 19.9 Å². The quantitative estimate of drug-likeness (QED) is 0.457. The predicted molar refractivity (Wildman–Crippen MR) is 106 cm³/mol. The summed E-state index contributed by atoms with van der Waals surface area (Å²) in [5.41, 5.74) is 2.44. The highest BCUT2D eigenvalue weighted by Gasteiger charge is 2.43. The zero-order valence-electron chi connectivity index (χ0n) is 16.9. The lowest BCUT2D eigenvalue weighted by molar-refractivity contribution is -0.155. The van der Waals surface area contributed by atoms with E-state index in [2.05, 4.69) is 19.9 Å². The fraction of sp³-hybridized carbons (Fsp3) is 0.450.